The van der Waals surface area contributed by atoms with E-state index in [1.807, 2.05) is 21.0 Å². The van der Waals surface area contributed by atoms with Gasteiger partial charge < -0.3 is 10.1 Å². The molecule has 0 spiro atoms. The summed E-state index contributed by atoms with van der Waals surface area (Å²) in [5, 5.41) is 11.6. The fraction of sp³-hybridized carbons (Fsp3) is 0.857. The van der Waals surface area contributed by atoms with Crippen LogP contribution in [0, 0.1) is 0 Å². The molecule has 0 amide bonds. The van der Waals surface area contributed by atoms with Gasteiger partial charge in [0.15, 0.2) is 0 Å². The second-order valence-electron chi connectivity index (χ2n) is 2.57. The number of oxime groups is 1. The van der Waals surface area contributed by atoms with Crippen molar-refractivity contribution in [2.75, 3.05) is 20.6 Å². The van der Waals surface area contributed by atoms with Crippen LogP contribution in [0.15, 0.2) is 5.16 Å². The number of hydrogen-bond donors (Lipinski definition) is 1. The molecule has 0 atom stereocenters. The van der Waals surface area contributed by atoms with Crippen LogP contribution in [0.2, 0.25) is 0 Å². The molecule has 0 aliphatic rings. The summed E-state index contributed by atoms with van der Waals surface area (Å²) in [5.74, 6) is 0. The van der Waals surface area contributed by atoms with Crippen LogP contribution in [0.25, 0.3) is 0 Å². The molecule has 0 aromatic heterocycles. The van der Waals surface area contributed by atoms with Gasteiger partial charge in [0.05, 0.1) is 5.71 Å². The van der Waals surface area contributed by atoms with Crippen molar-refractivity contribution in [1.29, 1.82) is 0 Å². The molecule has 60 valence electrons. The summed E-state index contributed by atoms with van der Waals surface area (Å²) >= 11 is 0. The van der Waals surface area contributed by atoms with Gasteiger partial charge in [0.25, 0.3) is 0 Å². The van der Waals surface area contributed by atoms with Crippen molar-refractivity contribution in [3.05, 3.63) is 0 Å². The SMILES string of the molecule is CC/C(CCN(C)C)=N/O. The summed E-state index contributed by atoms with van der Waals surface area (Å²) in [6.07, 6.45) is 1.70. The quantitative estimate of drug-likeness (QED) is 0.365. The summed E-state index contributed by atoms with van der Waals surface area (Å²) in [6.45, 7) is 2.94. The maximum atomic E-state index is 8.41. The highest BCUT2D eigenvalue weighted by Crippen LogP contribution is 1.92. The fourth-order valence-corrected chi connectivity index (χ4v) is 0.650. The van der Waals surface area contributed by atoms with E-state index in [-0.39, 0.29) is 0 Å². The zero-order chi connectivity index (χ0) is 7.98. The van der Waals surface area contributed by atoms with Gasteiger partial charge in [-0.25, -0.2) is 0 Å². The Morgan fingerprint density at radius 2 is 2.10 bits per heavy atom. The van der Waals surface area contributed by atoms with Crippen LogP contribution in [0.1, 0.15) is 19.8 Å². The smallest absolute Gasteiger partial charge is 0.0580 e. The summed E-state index contributed by atoms with van der Waals surface area (Å²) in [4.78, 5) is 2.07. The molecule has 0 aliphatic heterocycles. The van der Waals surface area contributed by atoms with E-state index in [2.05, 4.69) is 10.1 Å². The first-order chi connectivity index (χ1) is 4.70. The van der Waals surface area contributed by atoms with Crippen LogP contribution in [0.3, 0.4) is 0 Å². The highest BCUT2D eigenvalue weighted by atomic mass is 16.4. The minimum absolute atomic E-state index is 0.838. The summed E-state index contributed by atoms with van der Waals surface area (Å²) in [7, 11) is 4.01. The molecule has 0 rings (SSSR count). The maximum absolute atomic E-state index is 8.41. The molecule has 3 heteroatoms. The van der Waals surface area contributed by atoms with Gasteiger partial charge in [-0.15, -0.1) is 0 Å². The number of nitrogens with zero attached hydrogens (tertiary/aromatic N) is 2. The van der Waals surface area contributed by atoms with Gasteiger partial charge in [-0.2, -0.15) is 0 Å². The third-order valence-corrected chi connectivity index (χ3v) is 1.40. The van der Waals surface area contributed by atoms with Crippen molar-refractivity contribution in [1.82, 2.24) is 4.90 Å². The van der Waals surface area contributed by atoms with Crippen LogP contribution in [0.5, 0.6) is 0 Å². The van der Waals surface area contributed by atoms with Crippen LogP contribution in [0.4, 0.5) is 0 Å². The minimum atomic E-state index is 0.838. The van der Waals surface area contributed by atoms with E-state index in [0.29, 0.717) is 0 Å². The van der Waals surface area contributed by atoms with Crippen LogP contribution in [-0.2, 0) is 0 Å². The average Bonchev–Trinajstić information content (AvgIpc) is 1.90. The van der Waals surface area contributed by atoms with Crippen molar-refractivity contribution >= 4 is 5.71 Å². The van der Waals surface area contributed by atoms with E-state index in [9.17, 15) is 0 Å². The highest BCUT2D eigenvalue weighted by Gasteiger charge is 1.96. The molecule has 10 heavy (non-hydrogen) atoms. The normalized spacial score (nSPS) is 12.6. The predicted molar refractivity (Wildman–Crippen MR) is 42.7 cm³/mol. The van der Waals surface area contributed by atoms with E-state index in [4.69, 9.17) is 5.21 Å². The Kier molecular flexibility index (Phi) is 4.94. The second-order valence-corrected chi connectivity index (χ2v) is 2.57. The molecule has 3 nitrogen and oxygen atoms in total. The van der Waals surface area contributed by atoms with Gasteiger partial charge in [-0.05, 0) is 20.5 Å². The fourth-order valence-electron chi connectivity index (χ4n) is 0.650. The average molecular weight is 144 g/mol. The molecule has 0 unspecified atom stereocenters. The Labute approximate surface area is 62.3 Å². The lowest BCUT2D eigenvalue weighted by Crippen LogP contribution is -2.16. The minimum Gasteiger partial charge on any atom is -0.411 e. The molecule has 0 heterocycles. The molecule has 0 aromatic rings. The summed E-state index contributed by atoms with van der Waals surface area (Å²) < 4.78 is 0. The standard InChI is InChI=1S/C7H16N2O/c1-4-7(8-10)5-6-9(2)3/h10H,4-6H2,1-3H3/b8-7-. The summed E-state index contributed by atoms with van der Waals surface area (Å²) in [6, 6.07) is 0. The molecule has 0 saturated heterocycles. The van der Waals surface area contributed by atoms with Crippen molar-refractivity contribution < 1.29 is 5.21 Å². The third kappa shape index (κ3) is 4.32. The zero-order valence-corrected chi connectivity index (χ0v) is 6.96. The van der Waals surface area contributed by atoms with E-state index in [0.717, 1.165) is 25.1 Å². The van der Waals surface area contributed by atoms with E-state index >= 15 is 0 Å². The Bertz CT molecular complexity index is 110. The van der Waals surface area contributed by atoms with Gasteiger partial charge >= 0.3 is 0 Å². The lowest BCUT2D eigenvalue weighted by Gasteiger charge is -2.08. The van der Waals surface area contributed by atoms with E-state index < -0.39 is 0 Å². The summed E-state index contributed by atoms with van der Waals surface area (Å²) in [5.41, 5.74) is 0.869. The molecule has 0 aliphatic carbocycles. The molecule has 0 saturated carbocycles. The van der Waals surface area contributed by atoms with Crippen molar-refractivity contribution in [3.63, 3.8) is 0 Å². The maximum Gasteiger partial charge on any atom is 0.0580 e. The highest BCUT2D eigenvalue weighted by molar-refractivity contribution is 5.83. The Balaban J connectivity index is 3.46. The van der Waals surface area contributed by atoms with Gasteiger partial charge in [0.2, 0.25) is 0 Å². The topological polar surface area (TPSA) is 35.8 Å². The van der Waals surface area contributed by atoms with Crippen LogP contribution >= 0.6 is 0 Å². The lowest BCUT2D eigenvalue weighted by atomic mass is 10.2. The Morgan fingerprint density at radius 3 is 2.40 bits per heavy atom. The van der Waals surface area contributed by atoms with Crippen LogP contribution < -0.4 is 0 Å². The first kappa shape index (κ1) is 9.43. The van der Waals surface area contributed by atoms with Crippen LogP contribution in [-0.4, -0.2) is 36.5 Å². The van der Waals surface area contributed by atoms with Gasteiger partial charge in [0.1, 0.15) is 0 Å². The predicted octanol–water partition coefficient (Wildman–Crippen LogP) is 1.18. The number of hydrogen-bond acceptors (Lipinski definition) is 3. The van der Waals surface area contributed by atoms with Crippen molar-refractivity contribution in [2.24, 2.45) is 5.16 Å². The Morgan fingerprint density at radius 1 is 1.50 bits per heavy atom. The largest absolute Gasteiger partial charge is 0.411 e. The van der Waals surface area contributed by atoms with Crippen molar-refractivity contribution in [2.45, 2.75) is 19.8 Å². The lowest BCUT2D eigenvalue weighted by molar-refractivity contribution is 0.314. The second kappa shape index (κ2) is 5.23. The van der Waals surface area contributed by atoms with Crippen molar-refractivity contribution in [3.8, 4) is 0 Å². The molecular formula is C7H16N2O. The van der Waals surface area contributed by atoms with Gasteiger partial charge in [-0.1, -0.05) is 12.1 Å². The molecular weight excluding hydrogens is 128 g/mol. The molecule has 0 aromatic carbocycles. The molecule has 0 bridgehead atoms. The molecule has 0 fully saturated rings. The third-order valence-electron chi connectivity index (χ3n) is 1.40. The first-order valence-corrected chi connectivity index (χ1v) is 3.55. The van der Waals surface area contributed by atoms with Gasteiger partial charge in [0, 0.05) is 13.0 Å². The van der Waals surface area contributed by atoms with E-state index in [1.54, 1.807) is 0 Å². The number of rotatable bonds is 4. The monoisotopic (exact) mass is 144 g/mol. The first-order valence-electron chi connectivity index (χ1n) is 3.55. The zero-order valence-electron chi connectivity index (χ0n) is 6.96. The van der Waals surface area contributed by atoms with E-state index in [1.165, 1.54) is 0 Å². The van der Waals surface area contributed by atoms with Gasteiger partial charge in [-0.3, -0.25) is 0 Å². The molecule has 1 N–H and O–H groups in total. The Hall–Kier alpha value is -0.570. The molecule has 0 radical (unpaired) electrons.